The van der Waals surface area contributed by atoms with E-state index in [1.807, 2.05) is 6.92 Å². The van der Waals surface area contributed by atoms with Crippen molar-refractivity contribution in [2.75, 3.05) is 12.4 Å². The number of anilines is 1. The predicted molar refractivity (Wildman–Crippen MR) is 88.4 cm³/mol. The Hall–Kier alpha value is -1.20. The Labute approximate surface area is 137 Å². The van der Waals surface area contributed by atoms with Crippen molar-refractivity contribution in [3.05, 3.63) is 38.8 Å². The van der Waals surface area contributed by atoms with E-state index in [2.05, 4.69) is 38.1 Å². The average Bonchev–Trinajstić information content (AvgIpc) is 2.47. The maximum Gasteiger partial charge on any atom is 0.152 e. The summed E-state index contributed by atoms with van der Waals surface area (Å²) in [6, 6.07) is 3.40. The molecule has 0 bridgehead atoms. The van der Waals surface area contributed by atoms with E-state index < -0.39 is 5.82 Å². The van der Waals surface area contributed by atoms with Crippen LogP contribution in [0.3, 0.4) is 0 Å². The lowest BCUT2D eigenvalue weighted by atomic mass is 10.1. The maximum absolute atomic E-state index is 14.4. The van der Waals surface area contributed by atoms with Crippen LogP contribution in [-0.2, 0) is 6.42 Å². The lowest BCUT2D eigenvalue weighted by molar-refractivity contribution is 0.630. The number of benzene rings is 1. The van der Waals surface area contributed by atoms with E-state index >= 15 is 0 Å². The zero-order valence-corrected chi connectivity index (χ0v) is 14.4. The molecule has 112 valence electrons. The van der Waals surface area contributed by atoms with Gasteiger partial charge in [0.25, 0.3) is 0 Å². The minimum atomic E-state index is -0.475. The van der Waals surface area contributed by atoms with E-state index in [1.165, 1.54) is 0 Å². The standard InChI is InChI=1S/C15H16BrClFN3/c1-4-5-11-20-14(8(2)15(19-3)21-11)9-6-7-10(16)12(17)13(9)18/h6-7H,4-5H2,1-3H3,(H,19,20,21). The van der Waals surface area contributed by atoms with Crippen molar-refractivity contribution < 1.29 is 4.39 Å². The van der Waals surface area contributed by atoms with Crippen molar-refractivity contribution in [3.63, 3.8) is 0 Å². The summed E-state index contributed by atoms with van der Waals surface area (Å²) in [4.78, 5) is 8.96. The van der Waals surface area contributed by atoms with Gasteiger partial charge in [0.2, 0.25) is 0 Å². The van der Waals surface area contributed by atoms with Crippen LogP contribution in [0, 0.1) is 12.7 Å². The van der Waals surface area contributed by atoms with Gasteiger partial charge in [0, 0.05) is 29.1 Å². The Morgan fingerprint density at radius 2 is 2.05 bits per heavy atom. The van der Waals surface area contributed by atoms with Crippen LogP contribution < -0.4 is 5.32 Å². The number of nitrogens with zero attached hydrogens (tertiary/aromatic N) is 2. The monoisotopic (exact) mass is 371 g/mol. The van der Waals surface area contributed by atoms with Crippen LogP contribution in [0.15, 0.2) is 16.6 Å². The van der Waals surface area contributed by atoms with E-state index in [4.69, 9.17) is 11.6 Å². The van der Waals surface area contributed by atoms with Crippen LogP contribution in [0.1, 0.15) is 24.7 Å². The van der Waals surface area contributed by atoms with E-state index in [9.17, 15) is 4.39 Å². The number of halogens is 3. The zero-order valence-electron chi connectivity index (χ0n) is 12.1. The molecule has 2 aromatic rings. The van der Waals surface area contributed by atoms with Gasteiger partial charge in [-0.1, -0.05) is 18.5 Å². The molecule has 0 radical (unpaired) electrons. The summed E-state index contributed by atoms with van der Waals surface area (Å²) in [5.74, 6) is 0.931. The SMILES string of the molecule is CCCc1nc(NC)c(C)c(-c2ccc(Br)c(Cl)c2F)n1. The third-order valence-electron chi connectivity index (χ3n) is 3.19. The van der Waals surface area contributed by atoms with Gasteiger partial charge in [0.1, 0.15) is 11.6 Å². The third kappa shape index (κ3) is 3.19. The van der Waals surface area contributed by atoms with Gasteiger partial charge in [-0.2, -0.15) is 0 Å². The summed E-state index contributed by atoms with van der Waals surface area (Å²) in [5.41, 5.74) is 1.76. The molecule has 0 atom stereocenters. The predicted octanol–water partition coefficient (Wildman–Crippen LogP) is 5.00. The van der Waals surface area contributed by atoms with Crippen molar-refractivity contribution >= 4 is 33.3 Å². The summed E-state index contributed by atoms with van der Waals surface area (Å²) < 4.78 is 15.0. The molecular formula is C15H16BrClFN3. The molecule has 0 aliphatic heterocycles. The number of hydrogen-bond acceptors (Lipinski definition) is 3. The fourth-order valence-corrected chi connectivity index (χ4v) is 2.58. The van der Waals surface area contributed by atoms with Crippen LogP contribution >= 0.6 is 27.5 Å². The second-order valence-electron chi connectivity index (χ2n) is 4.68. The Bertz CT molecular complexity index is 676. The molecule has 6 heteroatoms. The van der Waals surface area contributed by atoms with Crippen molar-refractivity contribution in [2.24, 2.45) is 0 Å². The normalized spacial score (nSPS) is 10.8. The highest BCUT2D eigenvalue weighted by atomic mass is 79.9. The summed E-state index contributed by atoms with van der Waals surface area (Å²) >= 11 is 9.20. The smallest absolute Gasteiger partial charge is 0.152 e. The second kappa shape index (κ2) is 6.71. The molecule has 0 spiro atoms. The molecule has 0 amide bonds. The molecule has 0 saturated carbocycles. The van der Waals surface area contributed by atoms with Gasteiger partial charge in [0.15, 0.2) is 5.82 Å². The van der Waals surface area contributed by atoms with Crippen LogP contribution in [-0.4, -0.2) is 17.0 Å². The molecule has 3 nitrogen and oxygen atoms in total. The number of aromatic nitrogens is 2. The highest BCUT2D eigenvalue weighted by Crippen LogP contribution is 2.34. The van der Waals surface area contributed by atoms with Crippen molar-refractivity contribution in [2.45, 2.75) is 26.7 Å². The van der Waals surface area contributed by atoms with Gasteiger partial charge in [-0.15, -0.1) is 0 Å². The summed E-state index contributed by atoms with van der Waals surface area (Å²) in [7, 11) is 1.79. The lowest BCUT2D eigenvalue weighted by Crippen LogP contribution is -2.06. The van der Waals surface area contributed by atoms with Gasteiger partial charge in [-0.3, -0.25) is 0 Å². The largest absolute Gasteiger partial charge is 0.373 e. The fourth-order valence-electron chi connectivity index (χ4n) is 2.11. The maximum atomic E-state index is 14.4. The van der Waals surface area contributed by atoms with Crippen LogP contribution in [0.4, 0.5) is 10.2 Å². The van der Waals surface area contributed by atoms with Gasteiger partial charge >= 0.3 is 0 Å². The van der Waals surface area contributed by atoms with E-state index in [0.29, 0.717) is 27.4 Å². The molecule has 0 aliphatic carbocycles. The fraction of sp³-hybridized carbons (Fsp3) is 0.333. The van der Waals surface area contributed by atoms with Crippen LogP contribution in [0.2, 0.25) is 5.02 Å². The highest BCUT2D eigenvalue weighted by molar-refractivity contribution is 9.10. The molecular weight excluding hydrogens is 357 g/mol. The summed E-state index contributed by atoms with van der Waals surface area (Å²) in [6.07, 6.45) is 1.67. The summed E-state index contributed by atoms with van der Waals surface area (Å²) in [5, 5.41) is 3.10. The molecule has 0 unspecified atom stereocenters. The molecule has 1 N–H and O–H groups in total. The van der Waals surface area contributed by atoms with Gasteiger partial charge in [-0.05, 0) is 41.4 Å². The molecule has 0 fully saturated rings. The Kier molecular flexibility index (Phi) is 5.17. The average molecular weight is 373 g/mol. The van der Waals surface area contributed by atoms with Crippen molar-refractivity contribution in [1.29, 1.82) is 0 Å². The molecule has 1 heterocycles. The molecule has 21 heavy (non-hydrogen) atoms. The van der Waals surface area contributed by atoms with E-state index in [1.54, 1.807) is 19.2 Å². The molecule has 2 rings (SSSR count). The van der Waals surface area contributed by atoms with E-state index in [0.717, 1.165) is 18.4 Å². The van der Waals surface area contributed by atoms with E-state index in [-0.39, 0.29) is 5.02 Å². The number of rotatable bonds is 4. The van der Waals surface area contributed by atoms with Crippen LogP contribution in [0.25, 0.3) is 11.3 Å². The molecule has 0 aliphatic rings. The Balaban J connectivity index is 2.68. The number of hydrogen-bond donors (Lipinski definition) is 1. The molecule has 1 aromatic heterocycles. The minimum Gasteiger partial charge on any atom is -0.373 e. The highest BCUT2D eigenvalue weighted by Gasteiger charge is 2.18. The van der Waals surface area contributed by atoms with Gasteiger partial charge in [0.05, 0.1) is 10.7 Å². The Morgan fingerprint density at radius 1 is 1.33 bits per heavy atom. The first-order valence-electron chi connectivity index (χ1n) is 6.68. The van der Waals surface area contributed by atoms with Gasteiger partial charge < -0.3 is 5.32 Å². The zero-order chi connectivity index (χ0) is 15.6. The first-order valence-corrected chi connectivity index (χ1v) is 7.85. The Morgan fingerprint density at radius 3 is 2.67 bits per heavy atom. The minimum absolute atomic E-state index is 0.0635. The summed E-state index contributed by atoms with van der Waals surface area (Å²) in [6.45, 7) is 3.92. The lowest BCUT2D eigenvalue weighted by Gasteiger charge is -2.13. The molecule has 0 saturated heterocycles. The number of aryl methyl sites for hydroxylation is 1. The molecule has 1 aromatic carbocycles. The number of nitrogens with one attached hydrogen (secondary N) is 1. The second-order valence-corrected chi connectivity index (χ2v) is 5.92. The van der Waals surface area contributed by atoms with Crippen LogP contribution in [0.5, 0.6) is 0 Å². The van der Waals surface area contributed by atoms with Crippen molar-refractivity contribution in [3.8, 4) is 11.3 Å². The first kappa shape index (κ1) is 16.2. The topological polar surface area (TPSA) is 37.8 Å². The first-order chi connectivity index (χ1) is 9.99. The van der Waals surface area contributed by atoms with Gasteiger partial charge in [-0.25, -0.2) is 14.4 Å². The van der Waals surface area contributed by atoms with Crippen molar-refractivity contribution in [1.82, 2.24) is 9.97 Å². The third-order valence-corrected chi connectivity index (χ3v) is 4.45. The quantitative estimate of drug-likeness (QED) is 0.767.